The first-order valence-corrected chi connectivity index (χ1v) is 6.35. The molecule has 0 fully saturated rings. The van der Waals surface area contributed by atoms with Crippen LogP contribution in [-0.4, -0.2) is 9.97 Å². The van der Waals surface area contributed by atoms with Gasteiger partial charge in [0.05, 0.1) is 0 Å². The van der Waals surface area contributed by atoms with E-state index in [2.05, 4.69) is 33.5 Å². The lowest BCUT2D eigenvalue weighted by Crippen LogP contribution is -1.98. The number of hydrogen-bond acceptors (Lipinski definition) is 3. The second-order valence-corrected chi connectivity index (χ2v) is 4.65. The quantitative estimate of drug-likeness (QED) is 0.704. The van der Waals surface area contributed by atoms with E-state index in [0.717, 1.165) is 22.5 Å². The van der Waals surface area contributed by atoms with Crippen LogP contribution in [0.25, 0.3) is 10.8 Å². The minimum absolute atomic E-state index is 0.470. The summed E-state index contributed by atoms with van der Waals surface area (Å²) >= 11 is 6.01. The normalized spacial score (nSPS) is 10.6. The van der Waals surface area contributed by atoms with Crippen molar-refractivity contribution in [2.75, 3.05) is 5.32 Å². The third kappa shape index (κ3) is 2.25. The minimum Gasteiger partial charge on any atom is -0.339 e. The smallest absolute Gasteiger partial charge is 0.138 e. The van der Waals surface area contributed by atoms with Gasteiger partial charge >= 0.3 is 0 Å². The Labute approximate surface area is 116 Å². The molecule has 0 saturated heterocycles. The van der Waals surface area contributed by atoms with Crippen LogP contribution in [0.2, 0.25) is 5.15 Å². The predicted octanol–water partition coefficient (Wildman–Crippen LogP) is 4.34. The number of aromatic nitrogens is 2. The molecule has 94 valence electrons. The van der Waals surface area contributed by atoms with Crippen molar-refractivity contribution >= 4 is 33.9 Å². The van der Waals surface area contributed by atoms with Crippen LogP contribution in [0.5, 0.6) is 0 Å². The van der Waals surface area contributed by atoms with Crippen LogP contribution in [-0.2, 0) is 0 Å². The van der Waals surface area contributed by atoms with Gasteiger partial charge in [-0.3, -0.25) is 0 Å². The molecule has 0 saturated carbocycles. The number of nitrogens with zero attached hydrogens (tertiary/aromatic N) is 2. The van der Waals surface area contributed by atoms with Crippen LogP contribution in [0.3, 0.4) is 0 Å². The fourth-order valence-corrected chi connectivity index (χ4v) is 2.15. The third-order valence-corrected chi connectivity index (χ3v) is 3.45. The van der Waals surface area contributed by atoms with Crippen LogP contribution >= 0.6 is 11.6 Å². The number of rotatable bonds is 2. The van der Waals surface area contributed by atoms with Crippen molar-refractivity contribution in [3.05, 3.63) is 59.5 Å². The van der Waals surface area contributed by atoms with Crippen LogP contribution < -0.4 is 5.32 Å². The summed E-state index contributed by atoms with van der Waals surface area (Å²) in [4.78, 5) is 8.19. The summed E-state index contributed by atoms with van der Waals surface area (Å²) in [5.74, 6) is 0.733. The summed E-state index contributed by atoms with van der Waals surface area (Å²) in [6.45, 7) is 1.90. The highest BCUT2D eigenvalue weighted by Gasteiger charge is 2.06. The molecule has 0 amide bonds. The first kappa shape index (κ1) is 11.9. The average Bonchev–Trinajstić information content (AvgIpc) is 2.44. The fourth-order valence-electron chi connectivity index (χ4n) is 2.02. The third-order valence-electron chi connectivity index (χ3n) is 3.07. The second-order valence-electron chi connectivity index (χ2n) is 4.29. The lowest BCUT2D eigenvalue weighted by atomic mass is 10.1. The molecule has 1 N–H and O–H groups in total. The van der Waals surface area contributed by atoms with Crippen LogP contribution in [0.15, 0.2) is 48.8 Å². The van der Waals surface area contributed by atoms with E-state index in [0.29, 0.717) is 5.15 Å². The van der Waals surface area contributed by atoms with E-state index >= 15 is 0 Å². The van der Waals surface area contributed by atoms with Gasteiger partial charge in [-0.2, -0.15) is 0 Å². The van der Waals surface area contributed by atoms with Crippen molar-refractivity contribution in [2.24, 2.45) is 0 Å². The molecule has 3 rings (SSSR count). The molecule has 0 aliphatic carbocycles. The van der Waals surface area contributed by atoms with E-state index in [1.54, 1.807) is 0 Å². The van der Waals surface area contributed by atoms with Gasteiger partial charge in [0.1, 0.15) is 17.3 Å². The van der Waals surface area contributed by atoms with Crippen LogP contribution in [0.1, 0.15) is 5.56 Å². The summed E-state index contributed by atoms with van der Waals surface area (Å²) in [5.41, 5.74) is 1.85. The van der Waals surface area contributed by atoms with Gasteiger partial charge in [-0.15, -0.1) is 0 Å². The Hall–Kier alpha value is -2.13. The highest BCUT2D eigenvalue weighted by atomic mass is 35.5. The summed E-state index contributed by atoms with van der Waals surface area (Å²) in [5, 5.41) is 6.13. The van der Waals surface area contributed by atoms with E-state index in [9.17, 15) is 0 Å². The van der Waals surface area contributed by atoms with Crippen LogP contribution in [0, 0.1) is 6.92 Å². The van der Waals surface area contributed by atoms with Gasteiger partial charge in [0.25, 0.3) is 0 Å². The minimum atomic E-state index is 0.470. The maximum atomic E-state index is 6.01. The molecule has 4 heteroatoms. The van der Waals surface area contributed by atoms with E-state index in [1.807, 2.05) is 31.2 Å². The Morgan fingerprint density at radius 1 is 1.00 bits per heavy atom. The van der Waals surface area contributed by atoms with Crippen LogP contribution in [0.4, 0.5) is 11.5 Å². The fraction of sp³-hybridized carbons (Fsp3) is 0.0667. The zero-order chi connectivity index (χ0) is 13.2. The number of benzene rings is 2. The largest absolute Gasteiger partial charge is 0.339 e. The van der Waals surface area contributed by atoms with E-state index < -0.39 is 0 Å². The average molecular weight is 270 g/mol. The van der Waals surface area contributed by atoms with Gasteiger partial charge in [0.15, 0.2) is 0 Å². The molecule has 1 heterocycles. The van der Waals surface area contributed by atoms with Gasteiger partial charge in [0, 0.05) is 16.6 Å². The maximum Gasteiger partial charge on any atom is 0.138 e. The molecule has 3 nitrogen and oxygen atoms in total. The molecule has 19 heavy (non-hydrogen) atoms. The molecule has 0 spiro atoms. The van der Waals surface area contributed by atoms with Crippen molar-refractivity contribution in [1.82, 2.24) is 9.97 Å². The SMILES string of the molecule is Cc1c(Cl)ncnc1Nc1cccc2ccccc12. The summed E-state index contributed by atoms with van der Waals surface area (Å²) in [6, 6.07) is 14.3. The summed E-state index contributed by atoms with van der Waals surface area (Å²) < 4.78 is 0. The van der Waals surface area contributed by atoms with E-state index in [4.69, 9.17) is 11.6 Å². The Bertz CT molecular complexity index is 735. The van der Waals surface area contributed by atoms with E-state index in [1.165, 1.54) is 11.7 Å². The molecule has 3 aromatic rings. The van der Waals surface area contributed by atoms with Crippen molar-refractivity contribution < 1.29 is 0 Å². The molecule has 0 aliphatic heterocycles. The molecule has 0 unspecified atom stereocenters. The Morgan fingerprint density at radius 2 is 1.79 bits per heavy atom. The molecule has 1 aromatic heterocycles. The van der Waals surface area contributed by atoms with Gasteiger partial charge < -0.3 is 5.32 Å². The van der Waals surface area contributed by atoms with Gasteiger partial charge in [-0.05, 0) is 18.4 Å². The molecule has 0 aliphatic rings. The maximum absolute atomic E-state index is 6.01. The van der Waals surface area contributed by atoms with Gasteiger partial charge in [-0.1, -0.05) is 48.0 Å². The highest BCUT2D eigenvalue weighted by molar-refractivity contribution is 6.30. The van der Waals surface area contributed by atoms with Gasteiger partial charge in [-0.25, -0.2) is 9.97 Å². The summed E-state index contributed by atoms with van der Waals surface area (Å²) in [7, 11) is 0. The molecule has 0 radical (unpaired) electrons. The van der Waals surface area contributed by atoms with E-state index in [-0.39, 0.29) is 0 Å². The Morgan fingerprint density at radius 3 is 2.68 bits per heavy atom. The zero-order valence-electron chi connectivity index (χ0n) is 10.4. The van der Waals surface area contributed by atoms with Crippen molar-refractivity contribution in [3.63, 3.8) is 0 Å². The monoisotopic (exact) mass is 269 g/mol. The predicted molar refractivity (Wildman–Crippen MR) is 79.0 cm³/mol. The number of fused-ring (bicyclic) bond motifs is 1. The molecular weight excluding hydrogens is 258 g/mol. The first-order chi connectivity index (χ1) is 9.25. The Kier molecular flexibility index (Phi) is 3.05. The Balaban J connectivity index is 2.09. The summed E-state index contributed by atoms with van der Waals surface area (Å²) in [6.07, 6.45) is 1.46. The van der Waals surface area contributed by atoms with Crippen molar-refractivity contribution in [3.8, 4) is 0 Å². The number of nitrogens with one attached hydrogen (secondary N) is 1. The highest BCUT2D eigenvalue weighted by Crippen LogP contribution is 2.27. The topological polar surface area (TPSA) is 37.8 Å². The number of hydrogen-bond donors (Lipinski definition) is 1. The lowest BCUT2D eigenvalue weighted by Gasteiger charge is -2.11. The molecule has 0 atom stereocenters. The van der Waals surface area contributed by atoms with Crippen molar-refractivity contribution in [1.29, 1.82) is 0 Å². The molecular formula is C15H12ClN3. The second kappa shape index (κ2) is 4.86. The zero-order valence-corrected chi connectivity index (χ0v) is 11.1. The first-order valence-electron chi connectivity index (χ1n) is 5.97. The number of anilines is 2. The molecule has 2 aromatic carbocycles. The van der Waals surface area contributed by atoms with Gasteiger partial charge in [0.2, 0.25) is 0 Å². The molecule has 0 bridgehead atoms. The van der Waals surface area contributed by atoms with Crippen molar-refractivity contribution in [2.45, 2.75) is 6.92 Å². The lowest BCUT2D eigenvalue weighted by molar-refractivity contribution is 1.13. The number of halogens is 1. The standard InChI is InChI=1S/C15H12ClN3/c1-10-14(16)17-9-18-15(10)19-13-8-4-6-11-5-2-3-7-12(11)13/h2-9H,1H3,(H,17,18,19).